The number of aromatic nitrogens is 2. The molecule has 0 unspecified atom stereocenters. The van der Waals surface area contributed by atoms with Gasteiger partial charge in [-0.3, -0.25) is 4.68 Å². The van der Waals surface area contributed by atoms with Crippen molar-refractivity contribution in [2.24, 2.45) is 0 Å². The molecule has 0 saturated heterocycles. The first-order valence-corrected chi connectivity index (χ1v) is 5.85. The number of benzene rings is 1. The molecule has 1 heterocycles. The quantitative estimate of drug-likeness (QED) is 0.801. The van der Waals surface area contributed by atoms with Crippen LogP contribution >= 0.6 is 11.6 Å². The highest BCUT2D eigenvalue weighted by Gasteiger charge is 2.06. The van der Waals surface area contributed by atoms with Gasteiger partial charge >= 0.3 is 5.97 Å². The van der Waals surface area contributed by atoms with Crippen molar-refractivity contribution in [3.8, 4) is 0 Å². The number of esters is 1. The number of hydrogen-bond donors (Lipinski definition) is 0. The topological polar surface area (TPSA) is 44.1 Å². The van der Waals surface area contributed by atoms with Crippen LogP contribution in [0.15, 0.2) is 30.5 Å². The van der Waals surface area contributed by atoms with Crippen molar-refractivity contribution >= 4 is 17.6 Å². The maximum absolute atomic E-state index is 11.3. The molecule has 5 heteroatoms. The second-order valence-corrected chi connectivity index (χ2v) is 4.36. The smallest absolute Gasteiger partial charge is 0.337 e. The molecule has 0 fully saturated rings. The third-order valence-corrected chi connectivity index (χ3v) is 2.98. The summed E-state index contributed by atoms with van der Waals surface area (Å²) in [5.41, 5.74) is 2.39. The Morgan fingerprint density at radius 3 is 2.56 bits per heavy atom. The lowest BCUT2D eigenvalue weighted by atomic mass is 10.1. The second kappa shape index (κ2) is 5.23. The molecular weight excluding hydrogens is 252 g/mol. The van der Waals surface area contributed by atoms with Crippen LogP contribution in [-0.4, -0.2) is 22.9 Å². The van der Waals surface area contributed by atoms with Gasteiger partial charge in [0.25, 0.3) is 0 Å². The first kappa shape index (κ1) is 12.6. The Kier molecular flexibility index (Phi) is 3.67. The van der Waals surface area contributed by atoms with E-state index in [0.29, 0.717) is 17.1 Å². The minimum atomic E-state index is -0.334. The summed E-state index contributed by atoms with van der Waals surface area (Å²) in [6.45, 7) is 2.48. The van der Waals surface area contributed by atoms with Gasteiger partial charge in [-0.05, 0) is 24.6 Å². The van der Waals surface area contributed by atoms with Crippen molar-refractivity contribution in [2.45, 2.75) is 13.5 Å². The maximum atomic E-state index is 11.3. The van der Waals surface area contributed by atoms with Crippen molar-refractivity contribution in [2.75, 3.05) is 7.11 Å². The van der Waals surface area contributed by atoms with E-state index in [1.54, 1.807) is 23.0 Å². The van der Waals surface area contributed by atoms with Crippen LogP contribution in [-0.2, 0) is 11.3 Å². The summed E-state index contributed by atoms with van der Waals surface area (Å²) in [7, 11) is 1.37. The number of halogens is 1. The number of carbonyl (C=O) groups is 1. The third kappa shape index (κ3) is 2.71. The average molecular weight is 265 g/mol. The van der Waals surface area contributed by atoms with Gasteiger partial charge in [0.2, 0.25) is 0 Å². The fourth-order valence-corrected chi connectivity index (χ4v) is 1.78. The zero-order valence-electron chi connectivity index (χ0n) is 10.2. The van der Waals surface area contributed by atoms with Gasteiger partial charge in [-0.25, -0.2) is 4.79 Å². The summed E-state index contributed by atoms with van der Waals surface area (Å²) in [6.07, 6.45) is 1.78. The van der Waals surface area contributed by atoms with Crippen LogP contribution in [0.1, 0.15) is 21.6 Å². The molecule has 0 aliphatic rings. The molecule has 0 radical (unpaired) electrons. The summed E-state index contributed by atoms with van der Waals surface area (Å²) >= 11 is 5.94. The predicted molar refractivity (Wildman–Crippen MR) is 68.9 cm³/mol. The molecule has 4 nitrogen and oxygen atoms in total. The predicted octanol–water partition coefficient (Wildman–Crippen LogP) is 2.68. The van der Waals surface area contributed by atoms with Crippen molar-refractivity contribution in [3.05, 3.63) is 52.3 Å². The average Bonchev–Trinajstić information content (AvgIpc) is 2.68. The van der Waals surface area contributed by atoms with Gasteiger partial charge in [0, 0.05) is 6.20 Å². The van der Waals surface area contributed by atoms with Crippen LogP contribution in [0.4, 0.5) is 0 Å². The van der Waals surface area contributed by atoms with E-state index in [1.165, 1.54) is 7.11 Å². The largest absolute Gasteiger partial charge is 0.465 e. The van der Waals surface area contributed by atoms with Gasteiger partial charge in [0.15, 0.2) is 0 Å². The summed E-state index contributed by atoms with van der Waals surface area (Å²) < 4.78 is 6.41. The van der Waals surface area contributed by atoms with E-state index in [2.05, 4.69) is 9.84 Å². The Labute approximate surface area is 110 Å². The fourth-order valence-electron chi connectivity index (χ4n) is 1.63. The van der Waals surface area contributed by atoms with Crippen LogP contribution in [0.3, 0.4) is 0 Å². The fraction of sp³-hybridized carbons (Fsp3) is 0.231. The molecule has 0 amide bonds. The molecule has 0 saturated carbocycles. The second-order valence-electron chi connectivity index (χ2n) is 3.95. The zero-order valence-corrected chi connectivity index (χ0v) is 10.9. The zero-order chi connectivity index (χ0) is 13.1. The standard InChI is InChI=1S/C13H13ClN2O2/c1-9-12(14)8-16(15-9)7-10-3-5-11(6-4-10)13(17)18-2/h3-6,8H,7H2,1-2H3. The summed E-state index contributed by atoms with van der Waals surface area (Å²) in [6, 6.07) is 7.21. The molecule has 2 aromatic rings. The minimum absolute atomic E-state index is 0.334. The molecule has 0 aliphatic carbocycles. The SMILES string of the molecule is COC(=O)c1ccc(Cn2cc(Cl)c(C)n2)cc1. The number of rotatable bonds is 3. The van der Waals surface area contributed by atoms with Crippen LogP contribution in [0.5, 0.6) is 0 Å². The molecule has 0 atom stereocenters. The normalized spacial score (nSPS) is 10.4. The lowest BCUT2D eigenvalue weighted by molar-refractivity contribution is 0.0600. The van der Waals surface area contributed by atoms with Crippen molar-refractivity contribution in [1.29, 1.82) is 0 Å². The van der Waals surface area contributed by atoms with E-state index >= 15 is 0 Å². The van der Waals surface area contributed by atoms with Gasteiger partial charge in [0.05, 0.1) is 29.9 Å². The Bertz CT molecular complexity index is 541. The van der Waals surface area contributed by atoms with E-state index in [1.807, 2.05) is 19.1 Å². The molecule has 94 valence electrons. The Hall–Kier alpha value is -1.81. The van der Waals surface area contributed by atoms with Gasteiger partial charge in [-0.15, -0.1) is 0 Å². The molecule has 18 heavy (non-hydrogen) atoms. The molecule has 0 aliphatic heterocycles. The van der Waals surface area contributed by atoms with E-state index in [4.69, 9.17) is 11.6 Å². The number of methoxy groups -OCH3 is 1. The minimum Gasteiger partial charge on any atom is -0.465 e. The molecular formula is C13H13ClN2O2. The highest BCUT2D eigenvalue weighted by molar-refractivity contribution is 6.31. The highest BCUT2D eigenvalue weighted by Crippen LogP contribution is 2.14. The Morgan fingerprint density at radius 1 is 1.39 bits per heavy atom. The lowest BCUT2D eigenvalue weighted by Crippen LogP contribution is -2.03. The summed E-state index contributed by atoms with van der Waals surface area (Å²) in [4.78, 5) is 11.3. The third-order valence-electron chi connectivity index (χ3n) is 2.61. The monoisotopic (exact) mass is 264 g/mol. The summed E-state index contributed by atoms with van der Waals surface area (Å²) in [5, 5.41) is 4.93. The molecule has 2 rings (SSSR count). The van der Waals surface area contributed by atoms with Crippen LogP contribution in [0.2, 0.25) is 5.02 Å². The first-order chi connectivity index (χ1) is 8.60. The van der Waals surface area contributed by atoms with Gasteiger partial charge < -0.3 is 4.74 Å². The number of aryl methyl sites for hydroxylation is 1. The number of nitrogens with zero attached hydrogens (tertiary/aromatic N) is 2. The lowest BCUT2D eigenvalue weighted by Gasteiger charge is -2.03. The van der Waals surface area contributed by atoms with E-state index in [-0.39, 0.29) is 5.97 Å². The first-order valence-electron chi connectivity index (χ1n) is 5.47. The Balaban J connectivity index is 2.13. The molecule has 0 bridgehead atoms. The van der Waals surface area contributed by atoms with Gasteiger partial charge in [-0.1, -0.05) is 23.7 Å². The molecule has 1 aromatic carbocycles. The molecule has 1 aromatic heterocycles. The van der Waals surface area contributed by atoms with Crippen LogP contribution < -0.4 is 0 Å². The van der Waals surface area contributed by atoms with Crippen LogP contribution in [0.25, 0.3) is 0 Å². The van der Waals surface area contributed by atoms with Gasteiger partial charge in [0.1, 0.15) is 0 Å². The number of ether oxygens (including phenoxy) is 1. The van der Waals surface area contributed by atoms with Crippen molar-refractivity contribution in [3.63, 3.8) is 0 Å². The number of hydrogen-bond acceptors (Lipinski definition) is 3. The highest BCUT2D eigenvalue weighted by atomic mass is 35.5. The van der Waals surface area contributed by atoms with E-state index in [9.17, 15) is 4.79 Å². The van der Waals surface area contributed by atoms with Gasteiger partial charge in [-0.2, -0.15) is 5.10 Å². The Morgan fingerprint density at radius 2 is 2.06 bits per heavy atom. The summed E-state index contributed by atoms with van der Waals surface area (Å²) in [5.74, 6) is -0.334. The van der Waals surface area contributed by atoms with E-state index < -0.39 is 0 Å². The van der Waals surface area contributed by atoms with Crippen molar-refractivity contribution in [1.82, 2.24) is 9.78 Å². The van der Waals surface area contributed by atoms with Crippen molar-refractivity contribution < 1.29 is 9.53 Å². The molecule has 0 N–H and O–H groups in total. The maximum Gasteiger partial charge on any atom is 0.337 e. The van der Waals surface area contributed by atoms with Crippen LogP contribution in [0, 0.1) is 6.92 Å². The molecule has 0 spiro atoms. The van der Waals surface area contributed by atoms with E-state index in [0.717, 1.165) is 11.3 Å². The number of carbonyl (C=O) groups excluding carboxylic acids is 1.